The molecule has 0 radical (unpaired) electrons. The summed E-state index contributed by atoms with van der Waals surface area (Å²) in [6, 6.07) is 0. The van der Waals surface area contributed by atoms with Gasteiger partial charge in [0.25, 0.3) is 0 Å². The Balaban J connectivity index is 0.000000920. The van der Waals surface area contributed by atoms with E-state index in [4.69, 9.17) is 18.9 Å². The van der Waals surface area contributed by atoms with Crippen molar-refractivity contribution in [2.24, 2.45) is 0 Å². The first-order valence-electron chi connectivity index (χ1n) is 33.9. The van der Waals surface area contributed by atoms with Crippen molar-refractivity contribution in [3.63, 3.8) is 0 Å². The van der Waals surface area contributed by atoms with Gasteiger partial charge in [0, 0.05) is 184 Å². The highest BCUT2D eigenvalue weighted by Gasteiger charge is 2.18. The van der Waals surface area contributed by atoms with Crippen LogP contribution in [0.25, 0.3) is 0 Å². The third-order valence-electron chi connectivity index (χ3n) is 15.1. The second-order valence-corrected chi connectivity index (χ2v) is 29.5. The number of nitrogens with one attached hydrogen (secondary N) is 8. The highest BCUT2D eigenvalue weighted by atomic mass is 33.1. The van der Waals surface area contributed by atoms with Gasteiger partial charge in [0.2, 0.25) is 47.3 Å². The maximum Gasteiger partial charge on any atom is 0.221 e. The zero-order valence-corrected chi connectivity index (χ0v) is 61.8. The number of carbonyl (C=O) groups excluding carboxylic acids is 8. The van der Waals surface area contributed by atoms with Crippen molar-refractivity contribution >= 4 is 131 Å². The van der Waals surface area contributed by atoms with Gasteiger partial charge in [-0.25, -0.2) is 0 Å². The molecule has 92 heavy (non-hydrogen) atoms. The van der Waals surface area contributed by atoms with Crippen LogP contribution in [0.5, 0.6) is 0 Å². The number of methoxy groups -OCH3 is 2. The average Bonchev–Trinajstić information content (AvgIpc) is 4.30. The fourth-order valence-electron chi connectivity index (χ4n) is 9.58. The molecule has 0 spiro atoms. The summed E-state index contributed by atoms with van der Waals surface area (Å²) in [6.07, 6.45) is 20.8. The number of hydrogen-bond donors (Lipinski definition) is 12. The molecule has 2 heterocycles. The Morgan fingerprint density at radius 1 is 0.402 bits per heavy atom. The van der Waals surface area contributed by atoms with Crippen LogP contribution in [-0.4, -0.2) is 247 Å². The number of ether oxygens (including phenoxy) is 4. The van der Waals surface area contributed by atoms with Gasteiger partial charge >= 0.3 is 0 Å². The highest BCUT2D eigenvalue weighted by Crippen LogP contribution is 2.40. The first kappa shape index (κ1) is 88.0. The van der Waals surface area contributed by atoms with Gasteiger partial charge in [-0.05, 0) is 101 Å². The fourth-order valence-corrected chi connectivity index (χ4v) is 15.6. The van der Waals surface area contributed by atoms with Crippen LogP contribution in [-0.2, 0) is 57.3 Å². The molecule has 536 valence electrons. The van der Waals surface area contributed by atoms with E-state index in [0.29, 0.717) is 167 Å². The van der Waals surface area contributed by atoms with E-state index in [0.717, 1.165) is 99.1 Å². The Kier molecular flexibility index (Phi) is 60.9. The number of rotatable bonds is 60. The molecule has 2 rings (SSSR count). The molecule has 0 aromatic carbocycles. The van der Waals surface area contributed by atoms with Crippen molar-refractivity contribution in [3.8, 4) is 0 Å². The first-order chi connectivity index (χ1) is 44.7. The van der Waals surface area contributed by atoms with Crippen LogP contribution >= 0.6 is 83.9 Å². The summed E-state index contributed by atoms with van der Waals surface area (Å²) in [5, 5.41) is 25.1. The lowest BCUT2D eigenvalue weighted by atomic mass is 10.1. The smallest absolute Gasteiger partial charge is 0.221 e. The van der Waals surface area contributed by atoms with Crippen LogP contribution < -0.4 is 42.5 Å². The molecule has 4 atom stereocenters. The molecule has 2 saturated heterocycles. The topological polar surface area (TPSA) is 276 Å². The third kappa shape index (κ3) is 57.1. The van der Waals surface area contributed by atoms with Gasteiger partial charge in [-0.15, -0.1) is 0 Å². The van der Waals surface area contributed by atoms with Crippen LogP contribution in [0.1, 0.15) is 161 Å². The molecule has 2 fully saturated rings. The van der Waals surface area contributed by atoms with E-state index in [-0.39, 0.29) is 72.9 Å². The minimum Gasteiger partial charge on any atom is -0.382 e. The van der Waals surface area contributed by atoms with Crippen molar-refractivity contribution < 1.29 is 57.3 Å². The molecule has 4 unspecified atom stereocenters. The van der Waals surface area contributed by atoms with Gasteiger partial charge in [0.05, 0.1) is 39.6 Å². The van der Waals surface area contributed by atoms with E-state index in [2.05, 4.69) is 105 Å². The normalized spacial score (nSPS) is 15.1. The maximum absolute atomic E-state index is 12.4. The second kappa shape index (κ2) is 63.7. The molecule has 8 amide bonds. The van der Waals surface area contributed by atoms with Gasteiger partial charge in [0.15, 0.2) is 0 Å². The SMILES string of the molecule is COCCOCCN(CCC(=O)NCCNC(=O)CCCCC(S)CCS)CCC(=O)NCCNC(=O)CCCCC(S)CCS.COCCOCCN(CCC(=O)NCCNC(=O)CCCCC1CCCS1)CCC(=O)NCCNC(=O)CCCCC1CCSS1. The van der Waals surface area contributed by atoms with E-state index in [9.17, 15) is 38.4 Å². The lowest BCUT2D eigenvalue weighted by Crippen LogP contribution is -2.39. The number of thiol groups is 4. The molecule has 8 N–H and O–H groups in total. The third-order valence-corrected chi connectivity index (χ3v) is 21.1. The van der Waals surface area contributed by atoms with Crippen molar-refractivity contribution in [1.29, 1.82) is 0 Å². The van der Waals surface area contributed by atoms with Gasteiger partial charge in [0.1, 0.15) is 0 Å². The number of nitrogens with zero attached hydrogens (tertiary/aromatic N) is 2. The molecule has 22 nitrogen and oxygen atoms in total. The van der Waals surface area contributed by atoms with E-state index in [1.165, 1.54) is 43.6 Å². The van der Waals surface area contributed by atoms with Crippen LogP contribution in [0.15, 0.2) is 0 Å². The van der Waals surface area contributed by atoms with E-state index in [1.807, 2.05) is 31.4 Å². The number of hydrogen-bond acceptors (Lipinski definition) is 21. The second-order valence-electron chi connectivity index (χ2n) is 23.0. The predicted octanol–water partition coefficient (Wildman–Crippen LogP) is 5.92. The number of amides is 8. The monoisotopic (exact) mass is 1430 g/mol. The Hall–Kier alpha value is -2.03. The largest absolute Gasteiger partial charge is 0.382 e. The quantitative estimate of drug-likeness (QED) is 0.0191. The molecule has 0 saturated carbocycles. The Labute approximate surface area is 586 Å². The summed E-state index contributed by atoms with van der Waals surface area (Å²) in [7, 11) is 7.16. The average molecular weight is 1430 g/mol. The minimum absolute atomic E-state index is 0.0160. The zero-order valence-electron chi connectivity index (χ0n) is 55.8. The molecule has 0 aliphatic carbocycles. The molecule has 0 aromatic rings. The summed E-state index contributed by atoms with van der Waals surface area (Å²) in [6.45, 7) is 9.07. The lowest BCUT2D eigenvalue weighted by Gasteiger charge is -2.22. The molecule has 2 aliphatic rings. The number of thioether (sulfide) groups is 1. The Morgan fingerprint density at radius 3 is 1.04 bits per heavy atom. The fraction of sp³-hybridized carbons (Fsp3) is 0.873. The molecular weight excluding hydrogens is 1310 g/mol. The summed E-state index contributed by atoms with van der Waals surface area (Å²) in [4.78, 5) is 102. The van der Waals surface area contributed by atoms with Gasteiger partial charge < -0.3 is 71.3 Å². The van der Waals surface area contributed by atoms with Gasteiger partial charge in [-0.2, -0.15) is 62.3 Å². The van der Waals surface area contributed by atoms with Crippen LogP contribution in [0.2, 0.25) is 0 Å². The van der Waals surface area contributed by atoms with E-state index < -0.39 is 0 Å². The summed E-state index contributed by atoms with van der Waals surface area (Å²) < 4.78 is 21.2. The van der Waals surface area contributed by atoms with E-state index >= 15 is 0 Å². The first-order valence-corrected chi connectivity index (χ1v) is 39.6. The van der Waals surface area contributed by atoms with Gasteiger partial charge in [-0.1, -0.05) is 47.3 Å². The maximum atomic E-state index is 12.4. The zero-order chi connectivity index (χ0) is 67.3. The van der Waals surface area contributed by atoms with Crippen molar-refractivity contribution in [2.75, 3.05) is 168 Å². The summed E-state index contributed by atoms with van der Waals surface area (Å²) in [5.41, 5.74) is 0. The number of unbranched alkanes of at least 4 members (excludes halogenated alkanes) is 4. The summed E-state index contributed by atoms with van der Waals surface area (Å²) >= 11 is 19.5. The van der Waals surface area contributed by atoms with Crippen LogP contribution in [0.3, 0.4) is 0 Å². The highest BCUT2D eigenvalue weighted by molar-refractivity contribution is 8.77. The summed E-state index contributed by atoms with van der Waals surface area (Å²) in [5.74, 6) is 3.77. The van der Waals surface area contributed by atoms with Crippen molar-refractivity contribution in [3.05, 3.63) is 0 Å². The standard InChI is InChI=1S/C32H59N5O6S3.C31H61N5O6S4/c1-42-23-24-43-22-21-37(19-12-31(40)35-17-15-33-29(38)10-4-2-7-27-9-6-25-44-27)20-13-32(41)36-18-16-34-30(39)11-5-3-8-28-14-26-45-46-28;1-41-22-23-42-21-20-36(18-10-30(39)34-16-14-32-28(37)8-4-2-6-26(45)12-24-43)19-11-31(40)35-17-15-33-29(38)9-5-3-7-27(46)13-25-44/h27-28H,2-26H2,1H3,(H,33,38)(H,34,39)(H,35,40)(H,36,41);26-27,43-46H,2-25H2,1H3,(H,32,37)(H,33,38)(H,34,39)(H,35,40). The molecular formula is C63H120N10O12S7. The Morgan fingerprint density at radius 2 is 0.739 bits per heavy atom. The minimum atomic E-state index is -0.119. The predicted molar refractivity (Wildman–Crippen MR) is 391 cm³/mol. The van der Waals surface area contributed by atoms with E-state index in [1.54, 1.807) is 14.2 Å². The molecule has 0 bridgehead atoms. The van der Waals surface area contributed by atoms with Crippen LogP contribution in [0, 0.1) is 0 Å². The Bertz CT molecular complexity index is 1790. The van der Waals surface area contributed by atoms with Crippen molar-refractivity contribution in [2.45, 2.75) is 182 Å². The molecule has 2 aliphatic heterocycles. The van der Waals surface area contributed by atoms with Crippen molar-refractivity contribution in [1.82, 2.24) is 52.3 Å². The molecule has 0 aromatic heterocycles. The number of carbonyl (C=O) groups is 8. The van der Waals surface area contributed by atoms with Crippen LogP contribution in [0.4, 0.5) is 0 Å². The van der Waals surface area contributed by atoms with Gasteiger partial charge in [-0.3, -0.25) is 38.4 Å². The lowest BCUT2D eigenvalue weighted by molar-refractivity contribution is -0.123. The molecule has 29 heteroatoms.